The minimum Gasteiger partial charge on any atom is -0.394 e. The van der Waals surface area contributed by atoms with Crippen LogP contribution in [0.25, 0.3) is 21.8 Å². The summed E-state index contributed by atoms with van der Waals surface area (Å²) < 4.78 is 0. The zero-order valence-electron chi connectivity index (χ0n) is 78.3. The van der Waals surface area contributed by atoms with E-state index >= 15 is 38.4 Å². The number of nitrogens with zero attached hydrogens (tertiary/aromatic N) is 6. The van der Waals surface area contributed by atoms with E-state index < -0.39 is 222 Å². The number of primary amides is 2. The number of imidazole rings is 1. The van der Waals surface area contributed by atoms with Crippen LogP contribution >= 0.6 is 11.8 Å². The monoisotopic (exact) mass is 1900 g/mol. The van der Waals surface area contributed by atoms with E-state index in [2.05, 4.69) is 78.4 Å². The average Bonchev–Trinajstić information content (AvgIpc) is 1.72. The van der Waals surface area contributed by atoms with Crippen LogP contribution in [-0.4, -0.2) is 306 Å². The fourth-order valence-corrected chi connectivity index (χ4v) is 18.0. The van der Waals surface area contributed by atoms with Crippen LogP contribution in [0.15, 0.2) is 104 Å². The van der Waals surface area contributed by atoms with E-state index in [1.807, 2.05) is 44.2 Å². The quantitative estimate of drug-likeness (QED) is 0.0162. The van der Waals surface area contributed by atoms with Crippen molar-refractivity contribution in [1.29, 1.82) is 5.41 Å². The molecule has 3 aromatic carbocycles. The number of hydrogen-bond acceptors (Lipinski definition) is 21. The van der Waals surface area contributed by atoms with Crippen molar-refractivity contribution in [3.05, 3.63) is 126 Å². The first-order valence-electron chi connectivity index (χ1n) is 46.4. The van der Waals surface area contributed by atoms with E-state index in [-0.39, 0.29) is 109 Å². The number of fused-ring (bicyclic) bond motifs is 4. The SMILES string of the molecule is CCCC[C@H]1C(=O)N(C)[C@@H](CCCC)C(=O)N[C@@H](CCCNC(=N)N)C(=O)N[C@H](C(=O)NCC(N)=O)CSCC(=O)N[C@@H](CCCc2ccccc2)C(=O)N(C)[C@@H](C)C(=O)N[C@@H](CC(N)=O)C(=O)N2CCC[C@H]2C(=O)N[C@@H](Cc2cnc[nH]2)C(=O)N[C@@H](CC(C)C)C(=O)N2CCCC2C(=O)N[C@@H](Cc2c[nH]c3ccccc23)C(=O)N[C@@H](CO)C(=O)N[C@@H](Cc2c[nH]c3ccccc23)C(=O)N1C. The molecule has 3 aliphatic heterocycles. The number of nitrogens with two attached hydrogens (primary N) is 3. The van der Waals surface area contributed by atoms with Crippen LogP contribution in [-0.2, 0) is 107 Å². The summed E-state index contributed by atoms with van der Waals surface area (Å²) in [7, 11) is 4.01. The van der Waals surface area contributed by atoms with Gasteiger partial charge >= 0.3 is 0 Å². The lowest BCUT2D eigenvalue weighted by Gasteiger charge is -2.36. The van der Waals surface area contributed by atoms with Crippen molar-refractivity contribution in [2.75, 3.05) is 65.4 Å². The van der Waals surface area contributed by atoms with E-state index in [0.717, 1.165) is 32.0 Å². The van der Waals surface area contributed by atoms with Crippen LogP contribution in [0.1, 0.15) is 160 Å². The molecule has 0 radical (unpaired) electrons. The van der Waals surface area contributed by atoms with Crippen molar-refractivity contribution in [3.8, 4) is 0 Å². The number of rotatable bonds is 28. The summed E-state index contributed by atoms with van der Waals surface area (Å²) in [6, 6.07) is 2.68. The van der Waals surface area contributed by atoms with Gasteiger partial charge in [0.25, 0.3) is 0 Å². The van der Waals surface area contributed by atoms with E-state index in [4.69, 9.17) is 22.6 Å². The summed E-state index contributed by atoms with van der Waals surface area (Å²) in [6.45, 7) is 6.79. The molecule has 0 saturated carbocycles. The molecule has 1 unspecified atom stereocenters. The number of nitrogens with one attached hydrogen (secondary N) is 15. The Balaban J connectivity index is 1.09. The Bertz CT molecular complexity index is 5190. The van der Waals surface area contributed by atoms with Crippen LogP contribution < -0.4 is 75.7 Å². The topological polar surface area (TPSA) is 621 Å². The second-order valence-corrected chi connectivity index (χ2v) is 36.3. The third-order valence-electron chi connectivity index (χ3n) is 24.7. The van der Waals surface area contributed by atoms with E-state index in [9.17, 15) is 48.3 Å². The van der Waals surface area contributed by atoms with Crippen LogP contribution in [0.3, 0.4) is 0 Å². The van der Waals surface area contributed by atoms with Crippen molar-refractivity contribution in [2.24, 2.45) is 23.1 Å². The van der Waals surface area contributed by atoms with Gasteiger partial charge in [0.15, 0.2) is 5.96 Å². The average molecular weight is 1910 g/mol. The number of H-pyrrole nitrogens is 3. The zero-order valence-corrected chi connectivity index (χ0v) is 79.1. The number of likely N-dealkylation sites (N-methyl/N-ethyl adjacent to an activating group) is 3. The molecule has 3 saturated heterocycles. The number of carbonyl (C=O) groups excluding carboxylic acids is 17. The lowest BCUT2D eigenvalue weighted by molar-refractivity contribution is -0.149. The number of aryl methyl sites for hydroxylation is 1. The highest BCUT2D eigenvalue weighted by Gasteiger charge is 2.46. The lowest BCUT2D eigenvalue weighted by Crippen LogP contribution is -2.62. The van der Waals surface area contributed by atoms with Crippen molar-refractivity contribution in [3.63, 3.8) is 0 Å². The Labute approximate surface area is 793 Å². The number of hydrogen-bond donors (Lipinski definition) is 19. The molecule has 17 amide bonds. The normalized spacial score (nSPS) is 24.1. The largest absolute Gasteiger partial charge is 0.394 e. The van der Waals surface area contributed by atoms with Gasteiger partial charge in [-0.15, -0.1) is 11.8 Å². The molecule has 43 heteroatoms. The molecule has 9 rings (SSSR count). The highest BCUT2D eigenvalue weighted by Crippen LogP contribution is 2.28. The maximum absolute atomic E-state index is 15.8. The second kappa shape index (κ2) is 51.8. The Hall–Kier alpha value is -13.5. The van der Waals surface area contributed by atoms with Gasteiger partial charge in [0.2, 0.25) is 100 Å². The molecule has 0 spiro atoms. The van der Waals surface area contributed by atoms with Crippen LogP contribution in [0.2, 0.25) is 0 Å². The van der Waals surface area contributed by atoms with Crippen molar-refractivity contribution >= 4 is 140 Å². The zero-order chi connectivity index (χ0) is 99.0. The van der Waals surface area contributed by atoms with E-state index in [1.54, 1.807) is 74.8 Å². The Morgan fingerprint density at radius 3 is 1.59 bits per heavy atom. The summed E-state index contributed by atoms with van der Waals surface area (Å²) in [5, 5.41) is 50.0. The number of carbonyl (C=O) groups is 17. The van der Waals surface area contributed by atoms with Gasteiger partial charge in [-0.3, -0.25) is 86.9 Å². The number of guanidine groups is 1. The first-order chi connectivity index (χ1) is 65.0. The number of aliphatic hydroxyl groups is 1. The molecule has 136 heavy (non-hydrogen) atoms. The molecule has 738 valence electrons. The van der Waals surface area contributed by atoms with Crippen LogP contribution in [0.4, 0.5) is 0 Å². The highest BCUT2D eigenvalue weighted by atomic mass is 32.2. The second-order valence-electron chi connectivity index (χ2n) is 35.3. The molecular weight excluding hydrogens is 1770 g/mol. The van der Waals surface area contributed by atoms with Crippen LogP contribution in [0, 0.1) is 11.3 Å². The standard InChI is InChI=1S/C93H132N24O18S/c1-9-11-33-72-85(128)105-63(32-21-37-99-93(96)97)81(124)112-71(80(123)102-48-77(95)120)50-136-51-78(121)104-64(31-20-26-55-24-14-13-15-25-55)88(131)113(6)54(5)79(122)108-69(44-76(94)119)91(134)117-39-23-36-74(117)87(130)107-66(43-58-47-98-52-103-58)83(126)109-67(40-53(3)4)90(133)116-38-22-35-73(116)86(129)106-65(41-56-45-100-61-29-18-16-27-59(56)61)82(125)111-70(49-118)84(127)110-68(42-57-46-101-62-30-19-17-28-60(57)62)89(132)115(8)75(34-12-10-2)92(135)114(72)7/h13-19,24-25,27-30,45-47,52-54,63-75,100-101,118H,9-12,20-23,26,31-44,48-51H2,1-8H3,(H2,94,119)(H2,95,120)(H,98,103)(H,102,123)(H,104,121)(H,105,128)(H,106,129)(H,107,130)(H,108,122)(H,109,126)(H,110,127)(H,111,125)(H,112,124)(H4,96,97,99)/t54-,63-,64-,65-,66-,67-,68-,69-,70-,71-,72-,73?,74-,75-/m0/s1. The van der Waals surface area contributed by atoms with Gasteiger partial charge in [0.05, 0.1) is 31.7 Å². The van der Waals surface area contributed by atoms with Gasteiger partial charge in [0, 0.05) is 112 Å². The number of amides is 17. The van der Waals surface area contributed by atoms with Crippen molar-refractivity contribution in [1.82, 2.24) is 103 Å². The minimum absolute atomic E-state index is 0.000622. The molecule has 14 atom stereocenters. The molecule has 0 bridgehead atoms. The number of unbranched alkanes of at least 4 members (excludes halogenated alkanes) is 2. The van der Waals surface area contributed by atoms with E-state index in [1.165, 1.54) is 50.4 Å². The molecule has 3 aliphatic rings. The molecule has 22 N–H and O–H groups in total. The minimum atomic E-state index is -1.84. The smallest absolute Gasteiger partial charge is 0.246 e. The third-order valence-corrected chi connectivity index (χ3v) is 25.8. The van der Waals surface area contributed by atoms with Crippen molar-refractivity contribution < 1.29 is 86.6 Å². The summed E-state index contributed by atoms with van der Waals surface area (Å²) >= 11 is 0.812. The Morgan fingerprint density at radius 1 is 0.515 bits per heavy atom. The Kier molecular flexibility index (Phi) is 40.5. The van der Waals surface area contributed by atoms with Gasteiger partial charge in [0.1, 0.15) is 84.6 Å². The first-order valence-corrected chi connectivity index (χ1v) is 47.5. The predicted molar refractivity (Wildman–Crippen MR) is 506 cm³/mol. The number of aromatic amines is 3. The maximum atomic E-state index is 15.8. The number of benzene rings is 3. The number of aliphatic hydroxyl groups excluding tert-OH is 1. The molecule has 3 fully saturated rings. The first kappa shape index (κ1) is 106. The maximum Gasteiger partial charge on any atom is 0.246 e. The number of aromatic nitrogens is 4. The lowest BCUT2D eigenvalue weighted by atomic mass is 10.00. The summed E-state index contributed by atoms with van der Waals surface area (Å²) in [5.74, 6) is -16.6. The van der Waals surface area contributed by atoms with E-state index in [0.29, 0.717) is 77.2 Å². The van der Waals surface area contributed by atoms with Gasteiger partial charge < -0.3 is 120 Å². The van der Waals surface area contributed by atoms with Gasteiger partial charge in [-0.25, -0.2) is 4.98 Å². The summed E-state index contributed by atoms with van der Waals surface area (Å²) in [5.41, 5.74) is 20.5. The predicted octanol–water partition coefficient (Wildman–Crippen LogP) is -0.825. The van der Waals surface area contributed by atoms with Crippen molar-refractivity contribution in [2.45, 2.75) is 248 Å². The van der Waals surface area contributed by atoms with Gasteiger partial charge in [-0.2, -0.15) is 0 Å². The fraction of sp³-hybridized carbons (Fsp3) is 0.538. The molecule has 3 aromatic heterocycles. The molecule has 6 aromatic rings. The number of thioether (sulfide) groups is 1. The Morgan fingerprint density at radius 2 is 1.02 bits per heavy atom. The summed E-state index contributed by atoms with van der Waals surface area (Å²) in [6.07, 6.45) is 7.42. The molecular formula is C93H132N24O18S. The molecule has 42 nitrogen and oxygen atoms in total. The highest BCUT2D eigenvalue weighted by molar-refractivity contribution is 8.00. The third kappa shape index (κ3) is 30.0. The molecule has 0 aliphatic carbocycles. The van der Waals surface area contributed by atoms with Gasteiger partial charge in [-0.05, 0) is 119 Å². The van der Waals surface area contributed by atoms with Crippen LogP contribution in [0.5, 0.6) is 0 Å². The fourth-order valence-electron chi connectivity index (χ4n) is 17.1. The number of para-hydroxylation sites is 2. The molecule has 6 heterocycles. The van der Waals surface area contributed by atoms with Gasteiger partial charge in [-0.1, -0.05) is 120 Å². The summed E-state index contributed by atoms with van der Waals surface area (Å²) in [4.78, 5) is 270.